The number of nitrogens with zero attached hydrogens (tertiary/aromatic N) is 2. The van der Waals surface area contributed by atoms with Gasteiger partial charge in [0, 0.05) is 30.4 Å². The first-order valence-electron chi connectivity index (χ1n) is 11.8. The van der Waals surface area contributed by atoms with E-state index in [-0.39, 0.29) is 0 Å². The molecule has 3 aromatic rings. The number of hydrogen-bond donors (Lipinski definition) is 0. The molecule has 166 valence electrons. The van der Waals surface area contributed by atoms with E-state index in [1.54, 1.807) is 7.11 Å². The molecule has 4 heteroatoms. The minimum atomic E-state index is 0.529. The lowest BCUT2D eigenvalue weighted by molar-refractivity contribution is 0.154. The molecule has 3 aromatic carbocycles. The Labute approximate surface area is 191 Å². The molecule has 0 bridgehead atoms. The Kier molecular flexibility index (Phi) is 6.31. The van der Waals surface area contributed by atoms with Crippen molar-refractivity contribution in [1.29, 1.82) is 0 Å². The lowest BCUT2D eigenvalue weighted by Crippen LogP contribution is -2.46. The molecule has 2 aliphatic heterocycles. The standard InChI is InChI=1S/C28H32N2O2/c1-31-25-15-13-22(14-16-25)17-19-29-18-7-6-9-24(29)20-30-26-10-3-2-8-23(26)21-32-28-12-5-4-11-27(28)30/h2-5,8,10-16,24H,6-7,9,17-21H2,1H3/t24-/m0/s1. The number of ether oxygens (including phenoxy) is 2. The second kappa shape index (κ2) is 9.66. The van der Waals surface area contributed by atoms with E-state index < -0.39 is 0 Å². The summed E-state index contributed by atoms with van der Waals surface area (Å²) in [5.74, 6) is 1.90. The number of para-hydroxylation sites is 3. The van der Waals surface area contributed by atoms with E-state index in [4.69, 9.17) is 9.47 Å². The Hall–Kier alpha value is -2.98. The first kappa shape index (κ1) is 20.9. The van der Waals surface area contributed by atoms with Crippen molar-refractivity contribution in [1.82, 2.24) is 4.90 Å². The maximum Gasteiger partial charge on any atom is 0.143 e. The Balaban J connectivity index is 1.36. The van der Waals surface area contributed by atoms with Crippen LogP contribution in [0.15, 0.2) is 72.8 Å². The van der Waals surface area contributed by atoms with E-state index in [0.29, 0.717) is 12.6 Å². The number of likely N-dealkylation sites (tertiary alicyclic amines) is 1. The molecule has 5 rings (SSSR count). The van der Waals surface area contributed by atoms with E-state index in [1.165, 1.54) is 48.3 Å². The Morgan fingerprint density at radius 1 is 0.906 bits per heavy atom. The number of piperidine rings is 1. The van der Waals surface area contributed by atoms with Crippen LogP contribution in [0.2, 0.25) is 0 Å². The van der Waals surface area contributed by atoms with Crippen molar-refractivity contribution in [3.8, 4) is 11.5 Å². The SMILES string of the molecule is COc1ccc(CCN2CCCC[C@H]2CN2c3ccccc3COc3ccccc32)cc1. The van der Waals surface area contributed by atoms with Crippen molar-refractivity contribution in [3.63, 3.8) is 0 Å². The first-order valence-corrected chi connectivity index (χ1v) is 11.8. The molecular formula is C28H32N2O2. The van der Waals surface area contributed by atoms with Crippen molar-refractivity contribution in [2.24, 2.45) is 0 Å². The van der Waals surface area contributed by atoms with Crippen molar-refractivity contribution in [3.05, 3.63) is 83.9 Å². The molecule has 0 amide bonds. The summed E-state index contributed by atoms with van der Waals surface area (Å²) in [6, 6.07) is 26.2. The number of anilines is 2. The van der Waals surface area contributed by atoms with Crippen LogP contribution in [-0.2, 0) is 13.0 Å². The molecule has 1 fully saturated rings. The number of rotatable bonds is 6. The molecular weight excluding hydrogens is 396 g/mol. The molecule has 4 nitrogen and oxygen atoms in total. The average Bonchev–Trinajstić information content (AvgIpc) is 3.01. The zero-order valence-corrected chi connectivity index (χ0v) is 18.9. The van der Waals surface area contributed by atoms with Crippen molar-refractivity contribution >= 4 is 11.4 Å². The predicted molar refractivity (Wildman–Crippen MR) is 130 cm³/mol. The summed E-state index contributed by atoms with van der Waals surface area (Å²) in [5.41, 5.74) is 5.08. The fourth-order valence-corrected chi connectivity index (χ4v) is 5.02. The first-order chi connectivity index (χ1) is 15.8. The summed E-state index contributed by atoms with van der Waals surface area (Å²) in [4.78, 5) is 5.19. The van der Waals surface area contributed by atoms with Gasteiger partial charge in [0.15, 0.2) is 0 Å². The van der Waals surface area contributed by atoms with E-state index in [0.717, 1.165) is 31.0 Å². The molecule has 0 spiro atoms. The normalized spacial score (nSPS) is 18.3. The average molecular weight is 429 g/mol. The van der Waals surface area contributed by atoms with Crippen molar-refractivity contribution in [2.45, 2.75) is 38.3 Å². The van der Waals surface area contributed by atoms with E-state index in [2.05, 4.69) is 82.6 Å². The monoisotopic (exact) mass is 428 g/mol. The molecule has 32 heavy (non-hydrogen) atoms. The van der Waals surface area contributed by atoms with Gasteiger partial charge in [0.2, 0.25) is 0 Å². The maximum atomic E-state index is 6.18. The summed E-state index contributed by atoms with van der Waals surface area (Å²) in [7, 11) is 1.72. The highest BCUT2D eigenvalue weighted by atomic mass is 16.5. The third-order valence-electron chi connectivity index (χ3n) is 6.81. The number of methoxy groups -OCH3 is 1. The quantitative estimate of drug-likeness (QED) is 0.494. The zero-order chi connectivity index (χ0) is 21.8. The second-order valence-electron chi connectivity index (χ2n) is 8.78. The smallest absolute Gasteiger partial charge is 0.143 e. The van der Waals surface area contributed by atoms with Crippen LogP contribution in [-0.4, -0.2) is 37.7 Å². The van der Waals surface area contributed by atoms with Gasteiger partial charge in [-0.2, -0.15) is 0 Å². The molecule has 1 saturated heterocycles. The molecule has 2 aliphatic rings. The van der Waals surface area contributed by atoms with Crippen LogP contribution >= 0.6 is 0 Å². The largest absolute Gasteiger partial charge is 0.497 e. The van der Waals surface area contributed by atoms with Crippen LogP contribution in [0.25, 0.3) is 0 Å². The highest BCUT2D eigenvalue weighted by Gasteiger charge is 2.28. The van der Waals surface area contributed by atoms with Gasteiger partial charge in [-0.3, -0.25) is 4.90 Å². The van der Waals surface area contributed by atoms with Gasteiger partial charge in [-0.15, -0.1) is 0 Å². The van der Waals surface area contributed by atoms with Crippen molar-refractivity contribution < 1.29 is 9.47 Å². The fourth-order valence-electron chi connectivity index (χ4n) is 5.02. The van der Waals surface area contributed by atoms with Gasteiger partial charge in [0.05, 0.1) is 12.8 Å². The van der Waals surface area contributed by atoms with E-state index >= 15 is 0 Å². The lowest BCUT2D eigenvalue weighted by atomic mass is 9.99. The Bertz CT molecular complexity index is 986. The number of hydrogen-bond acceptors (Lipinski definition) is 4. The topological polar surface area (TPSA) is 24.9 Å². The summed E-state index contributed by atoms with van der Waals surface area (Å²) in [6.07, 6.45) is 4.90. The Morgan fingerprint density at radius 2 is 1.69 bits per heavy atom. The van der Waals surface area contributed by atoms with Crippen LogP contribution < -0.4 is 14.4 Å². The zero-order valence-electron chi connectivity index (χ0n) is 18.9. The van der Waals surface area contributed by atoms with Gasteiger partial charge in [-0.05, 0) is 61.7 Å². The molecule has 1 atom stereocenters. The van der Waals surface area contributed by atoms with Crippen LogP contribution in [0.3, 0.4) is 0 Å². The summed E-state index contributed by atoms with van der Waals surface area (Å²) in [6.45, 7) is 3.87. The van der Waals surface area contributed by atoms with Gasteiger partial charge in [-0.1, -0.05) is 48.9 Å². The number of benzene rings is 3. The third-order valence-corrected chi connectivity index (χ3v) is 6.81. The van der Waals surface area contributed by atoms with Gasteiger partial charge < -0.3 is 14.4 Å². The molecule has 0 unspecified atom stereocenters. The third kappa shape index (κ3) is 4.46. The van der Waals surface area contributed by atoms with Crippen molar-refractivity contribution in [2.75, 3.05) is 31.6 Å². The second-order valence-corrected chi connectivity index (χ2v) is 8.78. The molecule has 2 heterocycles. The molecule has 0 aliphatic carbocycles. The summed E-state index contributed by atoms with van der Waals surface area (Å²) < 4.78 is 11.5. The minimum Gasteiger partial charge on any atom is -0.497 e. The molecule has 0 radical (unpaired) electrons. The minimum absolute atomic E-state index is 0.529. The van der Waals surface area contributed by atoms with Gasteiger partial charge in [-0.25, -0.2) is 0 Å². The van der Waals surface area contributed by atoms with Gasteiger partial charge >= 0.3 is 0 Å². The molecule has 0 N–H and O–H groups in total. The highest BCUT2D eigenvalue weighted by molar-refractivity contribution is 5.72. The van der Waals surface area contributed by atoms with E-state index in [9.17, 15) is 0 Å². The Morgan fingerprint density at radius 3 is 2.53 bits per heavy atom. The summed E-state index contributed by atoms with van der Waals surface area (Å²) >= 11 is 0. The predicted octanol–water partition coefficient (Wildman–Crippen LogP) is 5.82. The van der Waals surface area contributed by atoms with Crippen LogP contribution in [0.4, 0.5) is 11.4 Å². The van der Waals surface area contributed by atoms with Crippen LogP contribution in [0.1, 0.15) is 30.4 Å². The van der Waals surface area contributed by atoms with Gasteiger partial charge in [0.25, 0.3) is 0 Å². The maximum absolute atomic E-state index is 6.18. The van der Waals surface area contributed by atoms with E-state index in [1.807, 2.05) is 0 Å². The van der Waals surface area contributed by atoms with Crippen LogP contribution in [0, 0.1) is 0 Å². The summed E-state index contributed by atoms with van der Waals surface area (Å²) in [5, 5.41) is 0. The lowest BCUT2D eigenvalue weighted by Gasteiger charge is -2.39. The molecule has 0 aromatic heterocycles. The number of fused-ring (bicyclic) bond motifs is 2. The van der Waals surface area contributed by atoms with Gasteiger partial charge in [0.1, 0.15) is 18.1 Å². The van der Waals surface area contributed by atoms with Crippen LogP contribution in [0.5, 0.6) is 11.5 Å². The molecule has 0 saturated carbocycles. The fraction of sp³-hybridized carbons (Fsp3) is 0.357. The highest BCUT2D eigenvalue weighted by Crippen LogP contribution is 2.40.